The van der Waals surface area contributed by atoms with Crippen molar-refractivity contribution in [3.63, 3.8) is 0 Å². The Morgan fingerprint density at radius 1 is 1.20 bits per heavy atom. The zero-order valence-corrected chi connectivity index (χ0v) is 11.4. The molecule has 0 heterocycles. The van der Waals surface area contributed by atoms with E-state index in [2.05, 4.69) is 5.43 Å². The molecule has 1 unspecified atom stereocenters. The van der Waals surface area contributed by atoms with Crippen LogP contribution in [0.15, 0.2) is 36.4 Å². The summed E-state index contributed by atoms with van der Waals surface area (Å²) in [5, 5.41) is 0.258. The Hall–Kier alpha value is -1.69. The highest BCUT2D eigenvalue weighted by Crippen LogP contribution is 2.30. The number of nitrogens with one attached hydrogen (secondary N) is 1. The second kappa shape index (κ2) is 6.17. The van der Waals surface area contributed by atoms with E-state index >= 15 is 0 Å². The molecule has 0 fully saturated rings. The van der Waals surface area contributed by atoms with Crippen LogP contribution in [0, 0.1) is 11.6 Å². The predicted octanol–water partition coefficient (Wildman–Crippen LogP) is 3.18. The van der Waals surface area contributed by atoms with Crippen molar-refractivity contribution < 1.29 is 13.5 Å². The molecule has 0 bridgehead atoms. The monoisotopic (exact) mass is 298 g/mol. The van der Waals surface area contributed by atoms with Gasteiger partial charge in [0.15, 0.2) is 11.6 Å². The summed E-state index contributed by atoms with van der Waals surface area (Å²) in [7, 11) is 1.36. The Bertz CT molecular complexity index is 622. The molecule has 0 aliphatic heterocycles. The van der Waals surface area contributed by atoms with E-state index in [1.54, 1.807) is 6.07 Å². The van der Waals surface area contributed by atoms with Gasteiger partial charge in [0.1, 0.15) is 5.82 Å². The number of methoxy groups -OCH3 is 1. The number of hydrogen-bond donors (Lipinski definition) is 2. The van der Waals surface area contributed by atoms with Gasteiger partial charge in [-0.25, -0.2) is 14.2 Å². The zero-order chi connectivity index (χ0) is 14.7. The molecule has 3 nitrogen and oxygen atoms in total. The molecule has 20 heavy (non-hydrogen) atoms. The van der Waals surface area contributed by atoms with Crippen molar-refractivity contribution in [2.24, 2.45) is 5.84 Å². The van der Waals surface area contributed by atoms with Gasteiger partial charge in [-0.2, -0.15) is 0 Å². The Morgan fingerprint density at radius 2 is 1.95 bits per heavy atom. The molecule has 0 saturated carbocycles. The highest BCUT2D eigenvalue weighted by atomic mass is 35.5. The summed E-state index contributed by atoms with van der Waals surface area (Å²) in [5.41, 5.74) is 2.79. The van der Waals surface area contributed by atoms with Gasteiger partial charge < -0.3 is 4.74 Å². The molecular weight excluding hydrogens is 286 g/mol. The van der Waals surface area contributed by atoms with Gasteiger partial charge in [0.25, 0.3) is 0 Å². The lowest BCUT2D eigenvalue weighted by molar-refractivity contribution is 0.381. The molecule has 0 aromatic heterocycles. The van der Waals surface area contributed by atoms with E-state index in [1.165, 1.54) is 31.4 Å². The molecular formula is C14H13ClF2N2O. The molecule has 0 radical (unpaired) electrons. The van der Waals surface area contributed by atoms with E-state index in [1.807, 2.05) is 0 Å². The van der Waals surface area contributed by atoms with Crippen LogP contribution in [-0.2, 0) is 0 Å². The van der Waals surface area contributed by atoms with Gasteiger partial charge >= 0.3 is 0 Å². The van der Waals surface area contributed by atoms with E-state index < -0.39 is 17.7 Å². The van der Waals surface area contributed by atoms with E-state index in [0.29, 0.717) is 0 Å². The average Bonchev–Trinajstić information content (AvgIpc) is 2.43. The third-order valence-corrected chi connectivity index (χ3v) is 3.20. The molecule has 0 amide bonds. The first-order valence-corrected chi connectivity index (χ1v) is 6.19. The lowest BCUT2D eigenvalue weighted by atomic mass is 9.98. The van der Waals surface area contributed by atoms with Crippen LogP contribution in [0.1, 0.15) is 17.2 Å². The lowest BCUT2D eigenvalue weighted by Crippen LogP contribution is -2.30. The molecule has 106 valence electrons. The molecule has 0 spiro atoms. The first-order chi connectivity index (χ1) is 9.58. The van der Waals surface area contributed by atoms with Crippen molar-refractivity contribution in [1.82, 2.24) is 5.43 Å². The molecule has 0 saturated heterocycles. The minimum absolute atomic E-state index is 0.0668. The molecule has 3 N–H and O–H groups in total. The molecule has 1 atom stereocenters. The number of benzene rings is 2. The number of halogens is 3. The minimum Gasteiger partial charge on any atom is -0.494 e. The van der Waals surface area contributed by atoms with E-state index in [-0.39, 0.29) is 21.9 Å². The molecule has 2 aromatic carbocycles. The topological polar surface area (TPSA) is 47.3 Å². The Morgan fingerprint density at radius 3 is 2.55 bits per heavy atom. The van der Waals surface area contributed by atoms with Crippen molar-refractivity contribution in [3.8, 4) is 5.75 Å². The SMILES string of the molecule is COc1cccc(C(NN)c2ccc(Cl)cc2F)c1F. The molecule has 2 rings (SSSR count). The van der Waals surface area contributed by atoms with Gasteiger partial charge in [-0.3, -0.25) is 5.84 Å². The van der Waals surface area contributed by atoms with Crippen LogP contribution < -0.4 is 16.0 Å². The maximum absolute atomic E-state index is 14.2. The van der Waals surface area contributed by atoms with E-state index in [4.69, 9.17) is 22.2 Å². The standard InChI is InChI=1S/C14H13ClF2N2O/c1-20-12-4-2-3-10(13(12)17)14(19-18)9-6-5-8(15)7-11(9)16/h2-7,14,19H,18H2,1H3. The normalized spacial score (nSPS) is 12.2. The molecule has 0 aliphatic carbocycles. The Kier molecular flexibility index (Phi) is 4.54. The molecule has 6 heteroatoms. The zero-order valence-electron chi connectivity index (χ0n) is 10.7. The summed E-state index contributed by atoms with van der Waals surface area (Å²) in [5.74, 6) is 4.36. The molecule has 0 aliphatic rings. The quantitative estimate of drug-likeness (QED) is 0.673. The Balaban J connectivity index is 2.52. The Labute approximate surface area is 120 Å². The highest BCUT2D eigenvalue weighted by Gasteiger charge is 2.22. The summed E-state index contributed by atoms with van der Waals surface area (Å²) < 4.78 is 33.1. The fourth-order valence-electron chi connectivity index (χ4n) is 1.99. The number of ether oxygens (including phenoxy) is 1. The second-order valence-corrected chi connectivity index (χ2v) is 4.57. The third-order valence-electron chi connectivity index (χ3n) is 2.96. The van der Waals surface area contributed by atoms with Crippen LogP contribution in [0.2, 0.25) is 5.02 Å². The summed E-state index contributed by atoms with van der Waals surface area (Å²) in [6, 6.07) is 7.88. The molecule has 2 aromatic rings. The van der Waals surface area contributed by atoms with Gasteiger partial charge in [-0.1, -0.05) is 29.8 Å². The highest BCUT2D eigenvalue weighted by molar-refractivity contribution is 6.30. The predicted molar refractivity (Wildman–Crippen MR) is 73.5 cm³/mol. The largest absolute Gasteiger partial charge is 0.494 e. The number of hydrogen-bond acceptors (Lipinski definition) is 3. The van der Waals surface area contributed by atoms with Crippen LogP contribution in [0.25, 0.3) is 0 Å². The van der Waals surface area contributed by atoms with Gasteiger partial charge in [0.2, 0.25) is 0 Å². The van der Waals surface area contributed by atoms with Crippen molar-refractivity contribution in [3.05, 3.63) is 64.2 Å². The van der Waals surface area contributed by atoms with Crippen molar-refractivity contribution >= 4 is 11.6 Å². The number of rotatable bonds is 4. The minimum atomic E-state index is -0.845. The van der Waals surface area contributed by atoms with E-state index in [9.17, 15) is 8.78 Å². The van der Waals surface area contributed by atoms with Gasteiger partial charge in [-0.15, -0.1) is 0 Å². The summed E-state index contributed by atoms with van der Waals surface area (Å²) >= 11 is 5.70. The fraction of sp³-hybridized carbons (Fsp3) is 0.143. The van der Waals surface area contributed by atoms with Crippen LogP contribution >= 0.6 is 11.6 Å². The van der Waals surface area contributed by atoms with Gasteiger partial charge in [0, 0.05) is 16.1 Å². The first kappa shape index (κ1) is 14.7. The summed E-state index contributed by atoms with van der Waals surface area (Å²) in [6.07, 6.45) is 0. The van der Waals surface area contributed by atoms with Gasteiger partial charge in [0.05, 0.1) is 13.2 Å². The number of hydrazine groups is 1. The fourth-order valence-corrected chi connectivity index (χ4v) is 2.15. The summed E-state index contributed by atoms with van der Waals surface area (Å²) in [4.78, 5) is 0. The van der Waals surface area contributed by atoms with E-state index in [0.717, 1.165) is 6.07 Å². The second-order valence-electron chi connectivity index (χ2n) is 4.13. The third kappa shape index (κ3) is 2.75. The average molecular weight is 299 g/mol. The maximum Gasteiger partial charge on any atom is 0.170 e. The van der Waals surface area contributed by atoms with Crippen LogP contribution in [0.4, 0.5) is 8.78 Å². The summed E-state index contributed by atoms with van der Waals surface area (Å²) in [6.45, 7) is 0. The maximum atomic E-state index is 14.2. The lowest BCUT2D eigenvalue weighted by Gasteiger charge is -2.19. The van der Waals surface area contributed by atoms with Crippen LogP contribution in [0.3, 0.4) is 0 Å². The van der Waals surface area contributed by atoms with Crippen molar-refractivity contribution in [2.75, 3.05) is 7.11 Å². The van der Waals surface area contributed by atoms with Crippen molar-refractivity contribution in [2.45, 2.75) is 6.04 Å². The van der Waals surface area contributed by atoms with Crippen LogP contribution in [-0.4, -0.2) is 7.11 Å². The van der Waals surface area contributed by atoms with Crippen LogP contribution in [0.5, 0.6) is 5.75 Å². The number of nitrogens with two attached hydrogens (primary N) is 1. The van der Waals surface area contributed by atoms with Crippen molar-refractivity contribution in [1.29, 1.82) is 0 Å². The van der Waals surface area contributed by atoms with Gasteiger partial charge in [-0.05, 0) is 18.2 Å². The smallest absolute Gasteiger partial charge is 0.170 e. The first-order valence-electron chi connectivity index (χ1n) is 5.82.